The van der Waals surface area contributed by atoms with E-state index in [0.717, 1.165) is 12.0 Å². The minimum Gasteiger partial charge on any atom is -0.481 e. The van der Waals surface area contributed by atoms with Crippen molar-refractivity contribution in [3.05, 3.63) is 54.1 Å². The molecular formula is C14H16O2. The van der Waals surface area contributed by atoms with Gasteiger partial charge in [0.15, 0.2) is 0 Å². The Balaban J connectivity index is 2.21. The van der Waals surface area contributed by atoms with E-state index in [0.29, 0.717) is 6.42 Å². The lowest BCUT2D eigenvalue weighted by atomic mass is 10.2. The highest BCUT2D eigenvalue weighted by atomic mass is 16.4. The highest BCUT2D eigenvalue weighted by Crippen LogP contribution is 2.01. The fraction of sp³-hybridized carbons (Fsp3) is 0.214. The smallest absolute Gasteiger partial charge is 0.303 e. The molecule has 0 unspecified atom stereocenters. The fourth-order valence-electron chi connectivity index (χ4n) is 1.28. The lowest BCUT2D eigenvalue weighted by molar-refractivity contribution is -0.137. The van der Waals surface area contributed by atoms with Crippen LogP contribution in [0.1, 0.15) is 24.8 Å². The standard InChI is InChI=1S/C14H16O2/c15-14(16)12-8-3-1-2-5-9-13-10-6-4-7-11-13/h1-2,4-7,9-11H,3,8,12H2,(H,15,16). The predicted molar refractivity (Wildman–Crippen MR) is 66.1 cm³/mol. The summed E-state index contributed by atoms with van der Waals surface area (Å²) < 4.78 is 0. The predicted octanol–water partition coefficient (Wildman–Crippen LogP) is 3.51. The number of hydrogen-bond donors (Lipinski definition) is 1. The minimum absolute atomic E-state index is 0.243. The van der Waals surface area contributed by atoms with Crippen molar-refractivity contribution in [1.82, 2.24) is 0 Å². The molecule has 0 aliphatic rings. The third kappa shape index (κ3) is 5.81. The van der Waals surface area contributed by atoms with Crippen molar-refractivity contribution in [1.29, 1.82) is 0 Å². The molecule has 1 aromatic carbocycles. The van der Waals surface area contributed by atoms with Crippen molar-refractivity contribution in [3.63, 3.8) is 0 Å². The molecule has 0 aliphatic carbocycles. The molecule has 84 valence electrons. The molecule has 0 fully saturated rings. The van der Waals surface area contributed by atoms with Gasteiger partial charge in [0.25, 0.3) is 0 Å². The fourth-order valence-corrected chi connectivity index (χ4v) is 1.28. The van der Waals surface area contributed by atoms with Crippen LogP contribution in [0, 0.1) is 0 Å². The number of carboxylic acid groups (broad SMARTS) is 1. The molecule has 0 saturated heterocycles. The summed E-state index contributed by atoms with van der Waals surface area (Å²) in [6, 6.07) is 10.1. The Bertz CT molecular complexity index is 364. The molecule has 0 heterocycles. The monoisotopic (exact) mass is 216 g/mol. The third-order valence-electron chi connectivity index (χ3n) is 2.10. The molecular weight excluding hydrogens is 200 g/mol. The summed E-state index contributed by atoms with van der Waals surface area (Å²) in [5.41, 5.74) is 1.16. The number of allylic oxidation sites excluding steroid dienone is 3. The van der Waals surface area contributed by atoms with Gasteiger partial charge in [0, 0.05) is 6.42 Å². The molecule has 0 aliphatic heterocycles. The number of carbonyl (C=O) groups is 1. The van der Waals surface area contributed by atoms with Crippen molar-refractivity contribution in [2.24, 2.45) is 0 Å². The average Bonchev–Trinajstić information content (AvgIpc) is 2.29. The molecule has 0 atom stereocenters. The lowest BCUT2D eigenvalue weighted by Gasteiger charge is -1.90. The van der Waals surface area contributed by atoms with Crippen LogP contribution in [0.2, 0.25) is 0 Å². The second-order valence-electron chi connectivity index (χ2n) is 3.48. The van der Waals surface area contributed by atoms with Crippen LogP contribution in [-0.2, 0) is 4.79 Å². The average molecular weight is 216 g/mol. The number of aliphatic carboxylic acids is 1. The number of rotatable bonds is 6. The first-order chi connectivity index (χ1) is 7.79. The lowest BCUT2D eigenvalue weighted by Crippen LogP contribution is -1.92. The van der Waals surface area contributed by atoms with Gasteiger partial charge in [-0.15, -0.1) is 0 Å². The van der Waals surface area contributed by atoms with E-state index in [-0.39, 0.29) is 6.42 Å². The van der Waals surface area contributed by atoms with Crippen molar-refractivity contribution in [3.8, 4) is 0 Å². The second kappa shape index (κ2) is 7.46. The number of benzene rings is 1. The maximum atomic E-state index is 10.2. The molecule has 1 aromatic rings. The van der Waals surface area contributed by atoms with Crippen LogP contribution in [0.25, 0.3) is 6.08 Å². The van der Waals surface area contributed by atoms with Crippen molar-refractivity contribution in [2.75, 3.05) is 0 Å². The molecule has 0 amide bonds. The van der Waals surface area contributed by atoms with Crippen LogP contribution in [0.4, 0.5) is 0 Å². The van der Waals surface area contributed by atoms with Gasteiger partial charge < -0.3 is 5.11 Å². The molecule has 0 aromatic heterocycles. The molecule has 1 N–H and O–H groups in total. The maximum Gasteiger partial charge on any atom is 0.303 e. The van der Waals surface area contributed by atoms with Crippen molar-refractivity contribution >= 4 is 12.0 Å². The Kier molecular flexibility index (Phi) is 5.71. The van der Waals surface area contributed by atoms with E-state index in [1.54, 1.807) is 0 Å². The normalized spacial score (nSPS) is 11.2. The Morgan fingerprint density at radius 3 is 2.62 bits per heavy atom. The quantitative estimate of drug-likeness (QED) is 0.583. The zero-order chi connectivity index (χ0) is 11.6. The Hall–Kier alpha value is -1.83. The first kappa shape index (κ1) is 12.2. The molecule has 0 bridgehead atoms. The molecule has 0 saturated carbocycles. The van der Waals surface area contributed by atoms with E-state index < -0.39 is 5.97 Å². The number of carboxylic acids is 1. The maximum absolute atomic E-state index is 10.2. The van der Waals surface area contributed by atoms with Gasteiger partial charge in [-0.3, -0.25) is 4.79 Å². The second-order valence-corrected chi connectivity index (χ2v) is 3.48. The van der Waals surface area contributed by atoms with Crippen LogP contribution < -0.4 is 0 Å². The van der Waals surface area contributed by atoms with E-state index in [1.165, 1.54) is 0 Å². The molecule has 2 heteroatoms. The van der Waals surface area contributed by atoms with E-state index in [2.05, 4.69) is 0 Å². The summed E-state index contributed by atoms with van der Waals surface area (Å²) in [5, 5.41) is 8.43. The summed E-state index contributed by atoms with van der Waals surface area (Å²) in [4.78, 5) is 10.2. The van der Waals surface area contributed by atoms with Gasteiger partial charge in [-0.05, 0) is 18.4 Å². The highest BCUT2D eigenvalue weighted by molar-refractivity contribution is 5.66. The van der Waals surface area contributed by atoms with E-state index in [9.17, 15) is 4.79 Å². The van der Waals surface area contributed by atoms with Gasteiger partial charge in [-0.2, -0.15) is 0 Å². The van der Waals surface area contributed by atoms with Crippen LogP contribution >= 0.6 is 0 Å². The first-order valence-electron chi connectivity index (χ1n) is 5.39. The number of hydrogen-bond acceptors (Lipinski definition) is 1. The highest BCUT2D eigenvalue weighted by Gasteiger charge is 1.92. The topological polar surface area (TPSA) is 37.3 Å². The minimum atomic E-state index is -0.728. The SMILES string of the molecule is O=C(O)CCCC=CC=Cc1ccccc1. The van der Waals surface area contributed by atoms with Crippen LogP contribution in [-0.4, -0.2) is 11.1 Å². The first-order valence-corrected chi connectivity index (χ1v) is 5.39. The van der Waals surface area contributed by atoms with Crippen LogP contribution in [0.15, 0.2) is 48.6 Å². The van der Waals surface area contributed by atoms with Crippen molar-refractivity contribution in [2.45, 2.75) is 19.3 Å². The van der Waals surface area contributed by atoms with E-state index >= 15 is 0 Å². The van der Waals surface area contributed by atoms with Crippen LogP contribution in [0.5, 0.6) is 0 Å². The van der Waals surface area contributed by atoms with Gasteiger partial charge >= 0.3 is 5.97 Å². The van der Waals surface area contributed by atoms with Gasteiger partial charge in [-0.1, -0.05) is 54.6 Å². The van der Waals surface area contributed by atoms with E-state index in [4.69, 9.17) is 5.11 Å². The summed E-state index contributed by atoms with van der Waals surface area (Å²) >= 11 is 0. The Morgan fingerprint density at radius 2 is 1.94 bits per heavy atom. The van der Waals surface area contributed by atoms with Gasteiger partial charge in [-0.25, -0.2) is 0 Å². The molecule has 0 spiro atoms. The summed E-state index contributed by atoms with van der Waals surface area (Å²) in [7, 11) is 0. The zero-order valence-corrected chi connectivity index (χ0v) is 9.17. The third-order valence-corrected chi connectivity index (χ3v) is 2.10. The molecule has 0 radical (unpaired) electrons. The zero-order valence-electron chi connectivity index (χ0n) is 9.17. The summed E-state index contributed by atoms with van der Waals surface area (Å²) in [6.07, 6.45) is 9.68. The molecule has 16 heavy (non-hydrogen) atoms. The largest absolute Gasteiger partial charge is 0.481 e. The summed E-state index contributed by atoms with van der Waals surface area (Å²) in [6.45, 7) is 0. The number of unbranched alkanes of at least 4 members (excludes halogenated alkanes) is 1. The van der Waals surface area contributed by atoms with Gasteiger partial charge in [0.05, 0.1) is 0 Å². The van der Waals surface area contributed by atoms with E-state index in [1.807, 2.05) is 54.6 Å². The molecule has 2 nitrogen and oxygen atoms in total. The van der Waals surface area contributed by atoms with Crippen LogP contribution in [0.3, 0.4) is 0 Å². The van der Waals surface area contributed by atoms with Gasteiger partial charge in [0.1, 0.15) is 0 Å². The molecule has 1 rings (SSSR count). The van der Waals surface area contributed by atoms with Crippen molar-refractivity contribution < 1.29 is 9.90 Å². The Morgan fingerprint density at radius 1 is 1.19 bits per heavy atom. The summed E-state index contributed by atoms with van der Waals surface area (Å²) in [5.74, 6) is -0.728. The van der Waals surface area contributed by atoms with Gasteiger partial charge in [0.2, 0.25) is 0 Å². The Labute approximate surface area is 95.9 Å².